The lowest BCUT2D eigenvalue weighted by Gasteiger charge is -2.10. The van der Waals surface area contributed by atoms with Gasteiger partial charge in [-0.2, -0.15) is 0 Å². The highest BCUT2D eigenvalue weighted by Crippen LogP contribution is 2.37. The van der Waals surface area contributed by atoms with Gasteiger partial charge in [0.15, 0.2) is 11.6 Å². The molecule has 0 radical (unpaired) electrons. The zero-order valence-corrected chi connectivity index (χ0v) is 11.4. The normalized spacial score (nSPS) is 10.6. The van der Waals surface area contributed by atoms with Gasteiger partial charge in [-0.25, -0.2) is 13.2 Å². The minimum absolute atomic E-state index is 0.0479. The van der Waals surface area contributed by atoms with Gasteiger partial charge in [-0.3, -0.25) is 0 Å². The van der Waals surface area contributed by atoms with Gasteiger partial charge in [0.1, 0.15) is 11.6 Å². The van der Waals surface area contributed by atoms with Crippen molar-refractivity contribution in [2.75, 3.05) is 12.3 Å². The van der Waals surface area contributed by atoms with Gasteiger partial charge in [-0.15, -0.1) is 0 Å². The lowest BCUT2D eigenvalue weighted by atomic mass is 10.3. The van der Waals surface area contributed by atoms with E-state index in [-0.39, 0.29) is 16.3 Å². The summed E-state index contributed by atoms with van der Waals surface area (Å²) < 4.78 is 45.1. The first-order valence-corrected chi connectivity index (χ1v) is 6.67. The van der Waals surface area contributed by atoms with Crippen molar-refractivity contribution in [2.45, 2.75) is 16.7 Å². The number of hydrogen-bond acceptors (Lipinski definition) is 3. The maximum absolute atomic E-state index is 13.6. The first-order valence-electron chi connectivity index (χ1n) is 5.86. The summed E-state index contributed by atoms with van der Waals surface area (Å²) in [6.07, 6.45) is 0. The van der Waals surface area contributed by atoms with Crippen LogP contribution in [-0.2, 0) is 0 Å². The zero-order chi connectivity index (χ0) is 14.7. The number of nitrogen functional groups attached to an aromatic ring is 1. The molecule has 0 aromatic heterocycles. The second-order valence-electron chi connectivity index (χ2n) is 3.93. The van der Waals surface area contributed by atoms with E-state index in [0.717, 1.165) is 30.0 Å². The smallest absolute Gasteiger partial charge is 0.167 e. The van der Waals surface area contributed by atoms with Gasteiger partial charge < -0.3 is 10.5 Å². The Morgan fingerprint density at radius 2 is 1.80 bits per heavy atom. The summed E-state index contributed by atoms with van der Waals surface area (Å²) in [4.78, 5) is 0.646. The molecule has 2 N–H and O–H groups in total. The summed E-state index contributed by atoms with van der Waals surface area (Å²) in [6, 6.07) is 5.76. The standard InChI is InChI=1S/C14H12F3NOS/c1-2-19-12-7-14(11(18)6-9(12)16)20-13-4-3-8(15)5-10(13)17/h3-7H,2,18H2,1H3. The molecule has 0 atom stereocenters. The molecule has 2 nitrogen and oxygen atoms in total. The summed E-state index contributed by atoms with van der Waals surface area (Å²) in [5.41, 5.74) is 5.87. The van der Waals surface area contributed by atoms with E-state index in [4.69, 9.17) is 10.5 Å². The van der Waals surface area contributed by atoms with Crippen molar-refractivity contribution in [3.63, 3.8) is 0 Å². The fourth-order valence-electron chi connectivity index (χ4n) is 1.58. The molecule has 0 amide bonds. The van der Waals surface area contributed by atoms with E-state index in [1.54, 1.807) is 6.92 Å². The zero-order valence-electron chi connectivity index (χ0n) is 10.6. The first-order chi connectivity index (χ1) is 9.51. The molecule has 2 aromatic carbocycles. The first kappa shape index (κ1) is 14.6. The van der Waals surface area contributed by atoms with Crippen LogP contribution in [0.5, 0.6) is 5.75 Å². The van der Waals surface area contributed by atoms with E-state index in [9.17, 15) is 13.2 Å². The fourth-order valence-corrected chi connectivity index (χ4v) is 2.45. The molecule has 0 spiro atoms. The molecular weight excluding hydrogens is 287 g/mol. The van der Waals surface area contributed by atoms with Gasteiger partial charge in [-0.05, 0) is 25.1 Å². The van der Waals surface area contributed by atoms with Crippen molar-refractivity contribution >= 4 is 17.4 Å². The van der Waals surface area contributed by atoms with Gasteiger partial charge >= 0.3 is 0 Å². The second-order valence-corrected chi connectivity index (χ2v) is 5.01. The number of nitrogens with two attached hydrogens (primary N) is 1. The third-order valence-electron chi connectivity index (χ3n) is 2.48. The number of benzene rings is 2. The molecule has 0 bridgehead atoms. The van der Waals surface area contributed by atoms with Gasteiger partial charge in [0.05, 0.1) is 6.61 Å². The Balaban J connectivity index is 2.35. The van der Waals surface area contributed by atoms with Crippen LogP contribution >= 0.6 is 11.8 Å². The average Bonchev–Trinajstić information content (AvgIpc) is 2.38. The molecule has 2 rings (SSSR count). The van der Waals surface area contributed by atoms with Crippen molar-refractivity contribution in [2.24, 2.45) is 0 Å². The van der Waals surface area contributed by atoms with E-state index < -0.39 is 17.5 Å². The number of halogens is 3. The second kappa shape index (κ2) is 6.09. The van der Waals surface area contributed by atoms with E-state index in [1.807, 2.05) is 0 Å². The maximum Gasteiger partial charge on any atom is 0.167 e. The van der Waals surface area contributed by atoms with Crippen molar-refractivity contribution in [1.29, 1.82) is 0 Å². The maximum atomic E-state index is 13.6. The molecule has 20 heavy (non-hydrogen) atoms. The van der Waals surface area contributed by atoms with Gasteiger partial charge in [-0.1, -0.05) is 11.8 Å². The Hall–Kier alpha value is -1.82. The van der Waals surface area contributed by atoms with Crippen molar-refractivity contribution in [3.8, 4) is 5.75 Å². The Kier molecular flexibility index (Phi) is 4.44. The minimum Gasteiger partial charge on any atom is -0.491 e. The number of rotatable bonds is 4. The van der Waals surface area contributed by atoms with E-state index in [0.29, 0.717) is 11.5 Å². The highest BCUT2D eigenvalue weighted by molar-refractivity contribution is 7.99. The van der Waals surface area contributed by atoms with Gasteiger partial charge in [0.25, 0.3) is 0 Å². The summed E-state index contributed by atoms with van der Waals surface area (Å²) in [6.45, 7) is 2.03. The molecule has 0 saturated heterocycles. The van der Waals surface area contributed by atoms with Crippen molar-refractivity contribution < 1.29 is 17.9 Å². The van der Waals surface area contributed by atoms with Gasteiger partial charge in [0, 0.05) is 27.6 Å². The lowest BCUT2D eigenvalue weighted by molar-refractivity contribution is 0.321. The molecular formula is C14H12F3NOS. The molecule has 0 aliphatic carbocycles. The van der Waals surface area contributed by atoms with Crippen LogP contribution in [0.15, 0.2) is 40.1 Å². The average molecular weight is 299 g/mol. The third kappa shape index (κ3) is 3.19. The van der Waals surface area contributed by atoms with Crippen LogP contribution in [0.2, 0.25) is 0 Å². The Morgan fingerprint density at radius 3 is 2.45 bits per heavy atom. The minimum atomic E-state index is -0.698. The predicted octanol–water partition coefficient (Wildman–Crippen LogP) is 4.24. The lowest BCUT2D eigenvalue weighted by Crippen LogP contribution is -1.98. The molecule has 106 valence electrons. The summed E-state index contributed by atoms with van der Waals surface area (Å²) in [5.74, 6) is -1.88. The molecule has 0 unspecified atom stereocenters. The quantitative estimate of drug-likeness (QED) is 0.858. The summed E-state index contributed by atoms with van der Waals surface area (Å²) >= 11 is 0.985. The van der Waals surface area contributed by atoms with Crippen LogP contribution in [0.3, 0.4) is 0 Å². The van der Waals surface area contributed by atoms with Crippen LogP contribution in [0.1, 0.15) is 6.92 Å². The fraction of sp³-hybridized carbons (Fsp3) is 0.143. The molecule has 0 heterocycles. The third-order valence-corrected chi connectivity index (χ3v) is 3.60. The number of anilines is 1. The Morgan fingerprint density at radius 1 is 1.05 bits per heavy atom. The SMILES string of the molecule is CCOc1cc(Sc2ccc(F)cc2F)c(N)cc1F. The molecule has 0 saturated carbocycles. The highest BCUT2D eigenvalue weighted by Gasteiger charge is 2.12. The summed E-state index contributed by atoms with van der Waals surface area (Å²) in [5, 5.41) is 0. The molecule has 0 aliphatic rings. The number of hydrogen-bond donors (Lipinski definition) is 1. The monoisotopic (exact) mass is 299 g/mol. The highest BCUT2D eigenvalue weighted by atomic mass is 32.2. The van der Waals surface area contributed by atoms with Gasteiger partial charge in [0.2, 0.25) is 0 Å². The predicted molar refractivity (Wildman–Crippen MR) is 72.5 cm³/mol. The van der Waals surface area contributed by atoms with Crippen LogP contribution in [-0.4, -0.2) is 6.61 Å². The van der Waals surface area contributed by atoms with E-state index >= 15 is 0 Å². The van der Waals surface area contributed by atoms with E-state index in [1.165, 1.54) is 12.1 Å². The summed E-state index contributed by atoms with van der Waals surface area (Å²) in [7, 11) is 0. The largest absolute Gasteiger partial charge is 0.491 e. The molecule has 6 heteroatoms. The van der Waals surface area contributed by atoms with Crippen LogP contribution < -0.4 is 10.5 Å². The van der Waals surface area contributed by atoms with Crippen molar-refractivity contribution in [3.05, 3.63) is 47.8 Å². The topological polar surface area (TPSA) is 35.2 Å². The molecule has 0 aliphatic heterocycles. The molecule has 2 aromatic rings. The Labute approximate surface area is 118 Å². The Bertz CT molecular complexity index is 634. The number of ether oxygens (including phenoxy) is 1. The molecule has 0 fully saturated rings. The van der Waals surface area contributed by atoms with Crippen LogP contribution in [0.4, 0.5) is 18.9 Å². The van der Waals surface area contributed by atoms with E-state index in [2.05, 4.69) is 0 Å². The van der Waals surface area contributed by atoms with Crippen molar-refractivity contribution in [1.82, 2.24) is 0 Å². The van der Waals surface area contributed by atoms with Crippen LogP contribution in [0.25, 0.3) is 0 Å². The van der Waals surface area contributed by atoms with Crippen LogP contribution in [0, 0.1) is 17.5 Å².